The molecule has 0 unspecified atom stereocenters. The Labute approximate surface area is 109 Å². The highest BCUT2D eigenvalue weighted by molar-refractivity contribution is 7.11. The van der Waals surface area contributed by atoms with Crippen molar-refractivity contribution < 1.29 is 0 Å². The molecule has 2 nitrogen and oxygen atoms in total. The van der Waals surface area contributed by atoms with E-state index in [4.69, 9.17) is 4.98 Å². The van der Waals surface area contributed by atoms with Crippen LogP contribution < -0.4 is 5.32 Å². The average molecular weight is 252 g/mol. The van der Waals surface area contributed by atoms with Crippen LogP contribution in [0.1, 0.15) is 54.6 Å². The van der Waals surface area contributed by atoms with E-state index < -0.39 is 0 Å². The zero-order chi connectivity index (χ0) is 12.5. The molecule has 1 fully saturated rings. The Balaban J connectivity index is 2.21. The first-order valence-electron chi connectivity index (χ1n) is 6.74. The molecule has 17 heavy (non-hydrogen) atoms. The van der Waals surface area contributed by atoms with Crippen molar-refractivity contribution in [2.45, 2.75) is 58.4 Å². The fourth-order valence-electron chi connectivity index (χ4n) is 2.83. The lowest BCUT2D eigenvalue weighted by atomic mass is 9.76. The average Bonchev–Trinajstić information content (AvgIpc) is 2.70. The first-order chi connectivity index (χ1) is 8.11. The molecule has 1 heterocycles. The van der Waals surface area contributed by atoms with Crippen LogP contribution in [0, 0.1) is 19.8 Å². The molecule has 3 heteroatoms. The predicted octanol–water partition coefficient (Wildman–Crippen LogP) is 3.77. The van der Waals surface area contributed by atoms with Crippen molar-refractivity contribution in [1.29, 1.82) is 0 Å². The second-order valence-corrected chi connectivity index (χ2v) is 6.55. The van der Waals surface area contributed by atoms with Crippen LogP contribution in [0.2, 0.25) is 0 Å². The second-order valence-electron chi connectivity index (χ2n) is 5.34. The van der Waals surface area contributed by atoms with Crippen molar-refractivity contribution in [3.8, 4) is 0 Å². The van der Waals surface area contributed by atoms with Crippen LogP contribution in [0.3, 0.4) is 0 Å². The molecule has 0 aromatic carbocycles. The van der Waals surface area contributed by atoms with Crippen LogP contribution in [-0.4, -0.2) is 12.0 Å². The van der Waals surface area contributed by atoms with E-state index in [2.05, 4.69) is 33.1 Å². The fraction of sp³-hybridized carbons (Fsp3) is 0.786. The summed E-state index contributed by atoms with van der Waals surface area (Å²) < 4.78 is 0. The topological polar surface area (TPSA) is 24.9 Å². The summed E-state index contributed by atoms with van der Waals surface area (Å²) in [6.45, 7) is 6.61. The molecule has 1 N–H and O–H groups in total. The molecule has 2 rings (SSSR count). The van der Waals surface area contributed by atoms with Crippen molar-refractivity contribution in [1.82, 2.24) is 10.3 Å². The lowest BCUT2D eigenvalue weighted by molar-refractivity contribution is 0.195. The lowest BCUT2D eigenvalue weighted by Crippen LogP contribution is -2.43. The van der Waals surface area contributed by atoms with Gasteiger partial charge in [-0.25, -0.2) is 4.98 Å². The Morgan fingerprint density at radius 2 is 2.00 bits per heavy atom. The highest BCUT2D eigenvalue weighted by Crippen LogP contribution is 2.42. The van der Waals surface area contributed by atoms with Gasteiger partial charge in [0.1, 0.15) is 5.01 Å². The largest absolute Gasteiger partial charge is 0.308 e. The first kappa shape index (κ1) is 13.0. The Kier molecular flexibility index (Phi) is 3.88. The third-order valence-corrected chi connectivity index (χ3v) is 5.73. The van der Waals surface area contributed by atoms with Gasteiger partial charge in [0, 0.05) is 4.88 Å². The van der Waals surface area contributed by atoms with Gasteiger partial charge in [0.2, 0.25) is 0 Å². The number of nitrogens with one attached hydrogen (secondary N) is 1. The van der Waals surface area contributed by atoms with Crippen molar-refractivity contribution in [3.05, 3.63) is 15.6 Å². The Bertz CT molecular complexity index is 356. The molecule has 0 atom stereocenters. The molecule has 96 valence electrons. The third kappa shape index (κ3) is 2.41. The van der Waals surface area contributed by atoms with Crippen LogP contribution >= 0.6 is 11.3 Å². The quantitative estimate of drug-likeness (QED) is 0.885. The standard InChI is InChI=1S/C14H24N2S/c1-5-12-6-8-14(15-4,9-7-12)13-16-10(2)11(3)17-13/h12,15H,5-9H2,1-4H3. The predicted molar refractivity (Wildman–Crippen MR) is 74.6 cm³/mol. The van der Waals surface area contributed by atoms with Crippen LogP contribution in [0.5, 0.6) is 0 Å². The van der Waals surface area contributed by atoms with Gasteiger partial charge in [0.15, 0.2) is 0 Å². The Hall–Kier alpha value is -0.410. The maximum absolute atomic E-state index is 4.78. The Morgan fingerprint density at radius 3 is 2.41 bits per heavy atom. The molecule has 0 radical (unpaired) electrons. The van der Waals surface area contributed by atoms with Crippen LogP contribution in [-0.2, 0) is 5.54 Å². The highest BCUT2D eigenvalue weighted by atomic mass is 32.1. The molecule has 1 aliphatic carbocycles. The molecular weight excluding hydrogens is 228 g/mol. The summed E-state index contributed by atoms with van der Waals surface area (Å²) in [4.78, 5) is 6.15. The fourth-order valence-corrected chi connectivity index (χ4v) is 3.99. The summed E-state index contributed by atoms with van der Waals surface area (Å²) >= 11 is 1.88. The van der Waals surface area contributed by atoms with Gasteiger partial charge >= 0.3 is 0 Å². The summed E-state index contributed by atoms with van der Waals surface area (Å²) in [7, 11) is 2.10. The number of hydrogen-bond acceptors (Lipinski definition) is 3. The summed E-state index contributed by atoms with van der Waals surface area (Å²) in [6.07, 6.45) is 6.50. The number of hydrogen-bond donors (Lipinski definition) is 1. The first-order valence-corrected chi connectivity index (χ1v) is 7.56. The molecule has 1 aliphatic rings. The minimum Gasteiger partial charge on any atom is -0.308 e. The normalized spacial score (nSPS) is 29.5. The number of aromatic nitrogens is 1. The van der Waals surface area contributed by atoms with Crippen molar-refractivity contribution in [3.63, 3.8) is 0 Å². The van der Waals surface area contributed by atoms with Crippen molar-refractivity contribution in [2.24, 2.45) is 5.92 Å². The van der Waals surface area contributed by atoms with Gasteiger partial charge in [0.25, 0.3) is 0 Å². The maximum Gasteiger partial charge on any atom is 0.113 e. The monoisotopic (exact) mass is 252 g/mol. The van der Waals surface area contributed by atoms with Gasteiger partial charge in [-0.15, -0.1) is 11.3 Å². The minimum atomic E-state index is 0.162. The van der Waals surface area contributed by atoms with E-state index in [1.807, 2.05) is 11.3 Å². The number of aryl methyl sites for hydroxylation is 2. The molecule has 1 aromatic rings. The summed E-state index contributed by atoms with van der Waals surface area (Å²) in [5.41, 5.74) is 1.37. The molecule has 0 bridgehead atoms. The van der Waals surface area contributed by atoms with Crippen LogP contribution in [0.4, 0.5) is 0 Å². The summed E-state index contributed by atoms with van der Waals surface area (Å²) in [5, 5.41) is 4.88. The van der Waals surface area contributed by atoms with E-state index in [1.165, 1.54) is 47.7 Å². The minimum absolute atomic E-state index is 0.162. The SMILES string of the molecule is CCC1CCC(NC)(c2nc(C)c(C)s2)CC1. The number of rotatable bonds is 3. The summed E-state index contributed by atoms with van der Waals surface area (Å²) in [5.74, 6) is 0.929. The van der Waals surface area contributed by atoms with E-state index in [9.17, 15) is 0 Å². The lowest BCUT2D eigenvalue weighted by Gasteiger charge is -2.38. The number of nitrogens with zero attached hydrogens (tertiary/aromatic N) is 1. The van der Waals surface area contributed by atoms with E-state index in [1.54, 1.807) is 0 Å². The van der Waals surface area contributed by atoms with Gasteiger partial charge in [-0.3, -0.25) is 0 Å². The van der Waals surface area contributed by atoms with Crippen molar-refractivity contribution >= 4 is 11.3 Å². The molecule has 1 aromatic heterocycles. The molecule has 0 saturated heterocycles. The summed E-state index contributed by atoms with van der Waals surface area (Å²) in [6, 6.07) is 0. The zero-order valence-electron chi connectivity index (χ0n) is 11.5. The molecule has 0 aliphatic heterocycles. The van der Waals surface area contributed by atoms with E-state index >= 15 is 0 Å². The van der Waals surface area contributed by atoms with Crippen LogP contribution in [0.25, 0.3) is 0 Å². The number of thiazole rings is 1. The van der Waals surface area contributed by atoms with E-state index in [0.717, 1.165) is 5.92 Å². The van der Waals surface area contributed by atoms with Crippen LogP contribution in [0.15, 0.2) is 0 Å². The second kappa shape index (κ2) is 5.07. The molecule has 0 amide bonds. The van der Waals surface area contributed by atoms with Gasteiger partial charge in [0.05, 0.1) is 11.2 Å². The molecule has 0 spiro atoms. The van der Waals surface area contributed by atoms with E-state index in [-0.39, 0.29) is 5.54 Å². The third-order valence-electron chi connectivity index (χ3n) is 4.45. The van der Waals surface area contributed by atoms with Gasteiger partial charge < -0.3 is 5.32 Å². The van der Waals surface area contributed by atoms with Gasteiger partial charge in [-0.2, -0.15) is 0 Å². The maximum atomic E-state index is 4.78. The molecule has 1 saturated carbocycles. The molecular formula is C14H24N2S. The smallest absolute Gasteiger partial charge is 0.113 e. The highest BCUT2D eigenvalue weighted by Gasteiger charge is 2.37. The van der Waals surface area contributed by atoms with Crippen molar-refractivity contribution in [2.75, 3.05) is 7.05 Å². The Morgan fingerprint density at radius 1 is 1.35 bits per heavy atom. The van der Waals surface area contributed by atoms with Gasteiger partial charge in [-0.05, 0) is 52.5 Å². The van der Waals surface area contributed by atoms with Gasteiger partial charge in [-0.1, -0.05) is 13.3 Å². The zero-order valence-corrected chi connectivity index (χ0v) is 12.3. The van der Waals surface area contributed by atoms with E-state index in [0.29, 0.717) is 0 Å².